The average molecular weight is 315 g/mol. The second kappa shape index (κ2) is 6.47. The Bertz CT molecular complexity index is 629. The highest BCUT2D eigenvalue weighted by Gasteiger charge is 2.17. The predicted molar refractivity (Wildman–Crippen MR) is 79.7 cm³/mol. The van der Waals surface area contributed by atoms with E-state index in [2.05, 4.69) is 4.98 Å². The third kappa shape index (κ3) is 3.26. The lowest BCUT2D eigenvalue weighted by atomic mass is 10.3. The molecule has 2 aromatic rings. The van der Waals surface area contributed by atoms with Gasteiger partial charge in [-0.1, -0.05) is 23.4 Å². The summed E-state index contributed by atoms with van der Waals surface area (Å²) >= 11 is 7.17. The molecule has 7 heteroatoms. The number of fused-ring (bicyclic) bond motifs is 1. The minimum atomic E-state index is -0.869. The molecule has 0 aliphatic rings. The highest BCUT2D eigenvalue weighted by molar-refractivity contribution is 7.99. The van der Waals surface area contributed by atoms with Crippen LogP contribution in [0.25, 0.3) is 11.0 Å². The molecule has 1 unspecified atom stereocenters. The Balaban J connectivity index is 2.47. The molecule has 1 heterocycles. The molecule has 5 nitrogen and oxygen atoms in total. The van der Waals surface area contributed by atoms with Crippen LogP contribution in [0.4, 0.5) is 0 Å². The molecule has 0 saturated carbocycles. The SMILES string of the molecule is COCC(C)n1c(SCC(=O)O)nc2cc(Cl)ccc21. The summed E-state index contributed by atoms with van der Waals surface area (Å²) in [5.74, 6) is -0.900. The zero-order valence-corrected chi connectivity index (χ0v) is 12.7. The zero-order chi connectivity index (χ0) is 14.7. The number of imidazole rings is 1. The van der Waals surface area contributed by atoms with Crippen molar-refractivity contribution in [3.05, 3.63) is 23.2 Å². The first-order valence-corrected chi connectivity index (χ1v) is 7.40. The maximum Gasteiger partial charge on any atom is 0.313 e. The summed E-state index contributed by atoms with van der Waals surface area (Å²) in [6.07, 6.45) is 0. The third-order valence-electron chi connectivity index (χ3n) is 2.79. The fraction of sp³-hybridized carbons (Fsp3) is 0.385. The Hall–Kier alpha value is -1.24. The Morgan fingerprint density at radius 3 is 3.00 bits per heavy atom. The lowest BCUT2D eigenvalue weighted by Crippen LogP contribution is -2.12. The molecule has 0 saturated heterocycles. The van der Waals surface area contributed by atoms with E-state index in [-0.39, 0.29) is 11.8 Å². The fourth-order valence-electron chi connectivity index (χ4n) is 2.02. The molecule has 0 amide bonds. The Kier molecular flexibility index (Phi) is 4.91. The van der Waals surface area contributed by atoms with Gasteiger partial charge in [0.1, 0.15) is 0 Å². The van der Waals surface area contributed by atoms with Crippen molar-refractivity contribution in [1.29, 1.82) is 0 Å². The van der Waals surface area contributed by atoms with Crippen molar-refractivity contribution in [2.75, 3.05) is 19.5 Å². The van der Waals surface area contributed by atoms with Gasteiger partial charge in [-0.05, 0) is 25.1 Å². The van der Waals surface area contributed by atoms with Crippen LogP contribution in [0.2, 0.25) is 5.02 Å². The standard InChI is InChI=1S/C13H15ClN2O3S/c1-8(6-19-2)16-11-4-3-9(14)5-10(11)15-13(16)20-7-12(17)18/h3-5,8H,6-7H2,1-2H3,(H,17,18). The van der Waals surface area contributed by atoms with Gasteiger partial charge in [0.05, 0.1) is 29.4 Å². The number of methoxy groups -OCH3 is 1. The van der Waals surface area contributed by atoms with Crippen LogP contribution in [0.15, 0.2) is 23.4 Å². The molecule has 0 radical (unpaired) electrons. The van der Waals surface area contributed by atoms with Gasteiger partial charge in [0.15, 0.2) is 5.16 Å². The van der Waals surface area contributed by atoms with Gasteiger partial charge in [-0.25, -0.2) is 4.98 Å². The van der Waals surface area contributed by atoms with E-state index in [1.54, 1.807) is 19.2 Å². The summed E-state index contributed by atoms with van der Waals surface area (Å²) in [6.45, 7) is 2.53. The summed E-state index contributed by atoms with van der Waals surface area (Å²) < 4.78 is 7.17. The van der Waals surface area contributed by atoms with E-state index in [1.165, 1.54) is 11.8 Å². The third-order valence-corrected chi connectivity index (χ3v) is 3.97. The number of carboxylic acids is 1. The van der Waals surface area contributed by atoms with E-state index in [1.807, 2.05) is 17.6 Å². The van der Waals surface area contributed by atoms with Gasteiger partial charge in [0, 0.05) is 12.1 Å². The average Bonchev–Trinajstić information content (AvgIpc) is 2.74. The quantitative estimate of drug-likeness (QED) is 0.830. The highest BCUT2D eigenvalue weighted by atomic mass is 35.5. The number of halogens is 1. The molecule has 1 N–H and O–H groups in total. The summed E-state index contributed by atoms with van der Waals surface area (Å²) in [6, 6.07) is 5.52. The number of ether oxygens (including phenoxy) is 1. The van der Waals surface area contributed by atoms with E-state index >= 15 is 0 Å². The van der Waals surface area contributed by atoms with E-state index < -0.39 is 5.97 Å². The summed E-state index contributed by atoms with van der Waals surface area (Å²) in [4.78, 5) is 15.2. The number of carbonyl (C=O) groups is 1. The van der Waals surface area contributed by atoms with Crippen molar-refractivity contribution in [2.45, 2.75) is 18.1 Å². The van der Waals surface area contributed by atoms with Gasteiger partial charge in [-0.15, -0.1) is 0 Å². The van der Waals surface area contributed by atoms with E-state index in [0.29, 0.717) is 16.8 Å². The molecular weight excluding hydrogens is 300 g/mol. The number of aromatic nitrogens is 2. The number of thioether (sulfide) groups is 1. The molecule has 0 fully saturated rings. The molecule has 0 bridgehead atoms. The van der Waals surface area contributed by atoms with Crippen LogP contribution in [0.5, 0.6) is 0 Å². The normalized spacial score (nSPS) is 12.8. The lowest BCUT2D eigenvalue weighted by molar-refractivity contribution is -0.133. The summed E-state index contributed by atoms with van der Waals surface area (Å²) in [7, 11) is 1.64. The van der Waals surface area contributed by atoms with Crippen LogP contribution < -0.4 is 0 Å². The fourth-order valence-corrected chi connectivity index (χ4v) is 3.02. The van der Waals surface area contributed by atoms with E-state index in [9.17, 15) is 4.79 Å². The molecule has 108 valence electrons. The zero-order valence-electron chi connectivity index (χ0n) is 11.2. The van der Waals surface area contributed by atoms with Gasteiger partial charge in [-0.2, -0.15) is 0 Å². The van der Waals surface area contributed by atoms with Crippen LogP contribution in [-0.4, -0.2) is 40.1 Å². The number of carboxylic acid groups (broad SMARTS) is 1. The second-order valence-electron chi connectivity index (χ2n) is 4.38. The summed E-state index contributed by atoms with van der Waals surface area (Å²) in [5.41, 5.74) is 1.68. The van der Waals surface area contributed by atoms with Crippen LogP contribution in [0.1, 0.15) is 13.0 Å². The van der Waals surface area contributed by atoms with Gasteiger partial charge in [0.25, 0.3) is 0 Å². The first kappa shape index (κ1) is 15.2. The van der Waals surface area contributed by atoms with E-state index in [4.69, 9.17) is 21.4 Å². The highest BCUT2D eigenvalue weighted by Crippen LogP contribution is 2.29. The van der Waals surface area contributed by atoms with Crippen molar-refractivity contribution >= 4 is 40.4 Å². The number of hydrogen-bond donors (Lipinski definition) is 1. The van der Waals surface area contributed by atoms with Crippen LogP contribution in [0.3, 0.4) is 0 Å². The number of rotatable bonds is 6. The maximum atomic E-state index is 10.7. The van der Waals surface area contributed by atoms with Crippen molar-refractivity contribution in [1.82, 2.24) is 9.55 Å². The largest absolute Gasteiger partial charge is 0.481 e. The molecular formula is C13H15ClN2O3S. The smallest absolute Gasteiger partial charge is 0.313 e. The maximum absolute atomic E-state index is 10.7. The molecule has 1 aromatic carbocycles. The van der Waals surface area contributed by atoms with Gasteiger partial charge in [-0.3, -0.25) is 4.79 Å². The summed E-state index contributed by atoms with van der Waals surface area (Å²) in [5, 5.41) is 10.1. The van der Waals surface area contributed by atoms with Gasteiger partial charge >= 0.3 is 5.97 Å². The van der Waals surface area contributed by atoms with Crippen LogP contribution in [0, 0.1) is 0 Å². The number of hydrogen-bond acceptors (Lipinski definition) is 4. The molecule has 0 spiro atoms. The second-order valence-corrected chi connectivity index (χ2v) is 5.76. The number of benzene rings is 1. The first-order chi connectivity index (χ1) is 9.52. The minimum absolute atomic E-state index is 0.0310. The van der Waals surface area contributed by atoms with Crippen LogP contribution in [-0.2, 0) is 9.53 Å². The molecule has 1 aromatic heterocycles. The monoisotopic (exact) mass is 314 g/mol. The Morgan fingerprint density at radius 1 is 1.60 bits per heavy atom. The van der Waals surface area contributed by atoms with Crippen molar-refractivity contribution in [3.8, 4) is 0 Å². The van der Waals surface area contributed by atoms with Crippen molar-refractivity contribution in [3.63, 3.8) is 0 Å². The van der Waals surface area contributed by atoms with Crippen molar-refractivity contribution < 1.29 is 14.6 Å². The number of aliphatic carboxylic acids is 1. The van der Waals surface area contributed by atoms with E-state index in [0.717, 1.165) is 11.0 Å². The molecule has 20 heavy (non-hydrogen) atoms. The Morgan fingerprint density at radius 2 is 2.35 bits per heavy atom. The van der Waals surface area contributed by atoms with Gasteiger partial charge in [0.2, 0.25) is 0 Å². The molecule has 0 aliphatic carbocycles. The van der Waals surface area contributed by atoms with Crippen LogP contribution >= 0.6 is 23.4 Å². The first-order valence-electron chi connectivity index (χ1n) is 6.04. The van der Waals surface area contributed by atoms with Gasteiger partial charge < -0.3 is 14.4 Å². The number of nitrogens with zero attached hydrogens (tertiary/aromatic N) is 2. The topological polar surface area (TPSA) is 64.3 Å². The predicted octanol–water partition coefficient (Wildman–Crippen LogP) is 3.07. The Labute approximate surface area is 125 Å². The molecule has 2 rings (SSSR count). The molecule has 1 atom stereocenters. The minimum Gasteiger partial charge on any atom is -0.481 e. The van der Waals surface area contributed by atoms with Crippen molar-refractivity contribution in [2.24, 2.45) is 0 Å². The molecule has 0 aliphatic heterocycles. The lowest BCUT2D eigenvalue weighted by Gasteiger charge is -2.16.